The highest BCUT2D eigenvalue weighted by Gasteiger charge is 2.44. The molecule has 2 saturated carbocycles. The third-order valence-electron chi connectivity index (χ3n) is 8.74. The zero-order chi connectivity index (χ0) is 24.0. The first-order chi connectivity index (χ1) is 17.2. The standard InChI is InChI=1S/C31H43NOP2/c1-25(33)32-23-31(35(29-18-10-4-11-19-29)30-20-12-5-13-21-30)22-26(32)24-34(27-14-6-2-7-15-27)28-16-8-3-9-17-28/h2-3,6-9,14-17,26,29-31H,4-5,10-13,18-24H2,1H3/t26-,31-/m1/s1. The summed E-state index contributed by atoms with van der Waals surface area (Å²) in [5.74, 6) is 0.302. The quantitative estimate of drug-likeness (QED) is 0.361. The van der Waals surface area contributed by atoms with Crippen LogP contribution in [0.1, 0.15) is 77.6 Å². The number of likely N-dealkylation sites (tertiary alicyclic amines) is 1. The largest absolute Gasteiger partial charge is 0.339 e. The van der Waals surface area contributed by atoms with Gasteiger partial charge < -0.3 is 4.90 Å². The van der Waals surface area contributed by atoms with Gasteiger partial charge in [-0.2, -0.15) is 0 Å². The molecule has 2 nitrogen and oxygen atoms in total. The number of rotatable bonds is 7. The Bertz CT molecular complexity index is 866. The van der Waals surface area contributed by atoms with E-state index >= 15 is 0 Å². The number of nitrogens with zero attached hydrogens (tertiary/aromatic N) is 1. The normalized spacial score (nSPS) is 24.4. The molecule has 35 heavy (non-hydrogen) atoms. The van der Waals surface area contributed by atoms with Crippen LogP contribution in [0.5, 0.6) is 0 Å². The molecule has 5 rings (SSSR count). The Labute approximate surface area is 215 Å². The molecule has 1 saturated heterocycles. The third kappa shape index (κ3) is 6.19. The van der Waals surface area contributed by atoms with Crippen molar-refractivity contribution >= 4 is 32.4 Å². The first-order valence-corrected chi connectivity index (χ1v) is 17.2. The second-order valence-electron chi connectivity index (χ2n) is 11.0. The molecule has 0 aromatic heterocycles. The van der Waals surface area contributed by atoms with Crippen LogP contribution < -0.4 is 10.6 Å². The molecular formula is C31H43NOP2. The average molecular weight is 508 g/mol. The highest BCUT2D eigenvalue weighted by Crippen LogP contribution is 2.61. The van der Waals surface area contributed by atoms with Crippen LogP contribution in [0.2, 0.25) is 0 Å². The van der Waals surface area contributed by atoms with Gasteiger partial charge in [0.2, 0.25) is 5.91 Å². The van der Waals surface area contributed by atoms with Crippen LogP contribution in [0.25, 0.3) is 0 Å². The number of benzene rings is 2. The van der Waals surface area contributed by atoms with E-state index in [0.29, 0.717) is 11.9 Å². The van der Waals surface area contributed by atoms with E-state index in [0.717, 1.165) is 29.7 Å². The van der Waals surface area contributed by atoms with E-state index in [9.17, 15) is 4.79 Å². The lowest BCUT2D eigenvalue weighted by molar-refractivity contribution is -0.129. The molecule has 0 spiro atoms. The predicted octanol–water partition coefficient (Wildman–Crippen LogP) is 7.26. The van der Waals surface area contributed by atoms with Crippen molar-refractivity contribution in [1.29, 1.82) is 0 Å². The van der Waals surface area contributed by atoms with E-state index in [1.165, 1.54) is 81.2 Å². The Morgan fingerprint density at radius 2 is 1.23 bits per heavy atom. The maximum absolute atomic E-state index is 13.0. The molecule has 0 N–H and O–H groups in total. The Hall–Kier alpha value is -1.23. The minimum Gasteiger partial charge on any atom is -0.339 e. The van der Waals surface area contributed by atoms with Gasteiger partial charge in [-0.3, -0.25) is 4.79 Å². The molecule has 2 aromatic rings. The smallest absolute Gasteiger partial charge is 0.219 e. The van der Waals surface area contributed by atoms with E-state index in [4.69, 9.17) is 0 Å². The van der Waals surface area contributed by atoms with Crippen molar-refractivity contribution in [2.24, 2.45) is 0 Å². The molecule has 4 heteroatoms. The van der Waals surface area contributed by atoms with Crippen molar-refractivity contribution < 1.29 is 4.79 Å². The molecule has 1 amide bonds. The lowest BCUT2D eigenvalue weighted by Gasteiger charge is -2.42. The Balaban J connectivity index is 1.40. The number of carbonyl (C=O) groups excluding carboxylic acids is 1. The predicted molar refractivity (Wildman–Crippen MR) is 154 cm³/mol. The lowest BCUT2D eigenvalue weighted by Crippen LogP contribution is -2.37. The topological polar surface area (TPSA) is 20.3 Å². The summed E-state index contributed by atoms with van der Waals surface area (Å²) in [6.45, 7) is 2.86. The molecule has 2 aliphatic carbocycles. The minimum absolute atomic E-state index is 0.00368. The van der Waals surface area contributed by atoms with E-state index in [2.05, 4.69) is 65.6 Å². The molecule has 2 atom stereocenters. The van der Waals surface area contributed by atoms with Crippen molar-refractivity contribution in [3.05, 3.63) is 60.7 Å². The van der Waals surface area contributed by atoms with Crippen LogP contribution >= 0.6 is 15.8 Å². The van der Waals surface area contributed by atoms with Gasteiger partial charge in [0.1, 0.15) is 0 Å². The Kier molecular flexibility index (Phi) is 8.96. The summed E-state index contributed by atoms with van der Waals surface area (Å²) in [5.41, 5.74) is 2.68. The van der Waals surface area contributed by atoms with Gasteiger partial charge in [0.15, 0.2) is 0 Å². The van der Waals surface area contributed by atoms with Crippen LogP contribution in [0.3, 0.4) is 0 Å². The van der Waals surface area contributed by atoms with Crippen molar-refractivity contribution in [3.8, 4) is 0 Å². The van der Waals surface area contributed by atoms with Gasteiger partial charge in [-0.05, 0) is 73.8 Å². The number of carbonyl (C=O) groups is 1. The third-order valence-corrected chi connectivity index (χ3v) is 15.3. The van der Waals surface area contributed by atoms with Gasteiger partial charge in [-0.15, -0.1) is 0 Å². The lowest BCUT2D eigenvalue weighted by atomic mass is 9.99. The molecular weight excluding hydrogens is 464 g/mol. The molecule has 0 radical (unpaired) electrons. The summed E-state index contributed by atoms with van der Waals surface area (Å²) >= 11 is 0. The van der Waals surface area contributed by atoms with Gasteiger partial charge >= 0.3 is 0 Å². The van der Waals surface area contributed by atoms with Gasteiger partial charge in [-0.25, -0.2) is 0 Å². The van der Waals surface area contributed by atoms with E-state index < -0.39 is 7.92 Å². The number of hydrogen-bond acceptors (Lipinski definition) is 1. The van der Waals surface area contributed by atoms with Gasteiger partial charge in [0.05, 0.1) is 0 Å². The fourth-order valence-corrected chi connectivity index (χ4v) is 14.2. The maximum atomic E-state index is 13.0. The average Bonchev–Trinajstić information content (AvgIpc) is 3.33. The summed E-state index contributed by atoms with van der Waals surface area (Å²) in [5, 5.41) is 2.89. The Morgan fingerprint density at radius 1 is 0.743 bits per heavy atom. The zero-order valence-corrected chi connectivity index (χ0v) is 23.3. The van der Waals surface area contributed by atoms with E-state index in [1.807, 2.05) is 6.92 Å². The fourth-order valence-electron chi connectivity index (χ4n) is 7.11. The maximum Gasteiger partial charge on any atom is 0.219 e. The monoisotopic (exact) mass is 507 g/mol. The van der Waals surface area contributed by atoms with Crippen LogP contribution in [0.4, 0.5) is 0 Å². The van der Waals surface area contributed by atoms with Crippen LogP contribution in [0, 0.1) is 0 Å². The molecule has 3 fully saturated rings. The van der Waals surface area contributed by atoms with Crippen LogP contribution in [0.15, 0.2) is 60.7 Å². The first kappa shape index (κ1) is 25.4. The summed E-state index contributed by atoms with van der Waals surface area (Å²) in [4.78, 5) is 15.3. The molecule has 0 bridgehead atoms. The molecule has 2 aromatic carbocycles. The van der Waals surface area contributed by atoms with Gasteiger partial charge in [-0.1, -0.05) is 107 Å². The molecule has 1 heterocycles. The highest BCUT2D eigenvalue weighted by atomic mass is 31.1. The summed E-state index contributed by atoms with van der Waals surface area (Å²) in [6.07, 6.45) is 16.8. The van der Waals surface area contributed by atoms with Crippen molar-refractivity contribution in [2.75, 3.05) is 12.7 Å². The second-order valence-corrected chi connectivity index (χ2v) is 16.4. The van der Waals surface area contributed by atoms with Crippen molar-refractivity contribution in [3.63, 3.8) is 0 Å². The zero-order valence-electron chi connectivity index (χ0n) is 21.5. The van der Waals surface area contributed by atoms with E-state index in [-0.39, 0.29) is 7.92 Å². The highest BCUT2D eigenvalue weighted by molar-refractivity contribution is 7.73. The van der Waals surface area contributed by atoms with Crippen molar-refractivity contribution in [2.45, 2.75) is 101 Å². The number of amides is 1. The van der Waals surface area contributed by atoms with E-state index in [1.54, 1.807) is 0 Å². The molecule has 188 valence electrons. The molecule has 0 unspecified atom stereocenters. The molecule has 1 aliphatic heterocycles. The van der Waals surface area contributed by atoms with Crippen LogP contribution in [-0.2, 0) is 4.79 Å². The fraction of sp³-hybridized carbons (Fsp3) is 0.581. The first-order valence-electron chi connectivity index (χ1n) is 14.1. The van der Waals surface area contributed by atoms with Crippen molar-refractivity contribution in [1.82, 2.24) is 4.90 Å². The summed E-state index contributed by atoms with van der Waals surface area (Å²) < 4.78 is 0. The van der Waals surface area contributed by atoms with Gasteiger partial charge in [0.25, 0.3) is 0 Å². The SMILES string of the molecule is CC(=O)N1C[C@H](P(C2CCCCC2)C2CCCCC2)C[C@@H]1CP(c1ccccc1)c1ccccc1. The molecule has 3 aliphatic rings. The number of hydrogen-bond donors (Lipinski definition) is 0. The van der Waals surface area contributed by atoms with Gasteiger partial charge in [0, 0.05) is 19.5 Å². The summed E-state index contributed by atoms with van der Waals surface area (Å²) in [6, 6.07) is 22.6. The Morgan fingerprint density at radius 3 is 1.69 bits per heavy atom. The summed E-state index contributed by atoms with van der Waals surface area (Å²) in [7, 11) is -0.464. The van der Waals surface area contributed by atoms with Crippen LogP contribution in [-0.4, -0.2) is 46.5 Å². The second kappa shape index (κ2) is 12.3. The minimum atomic E-state index is -0.467.